The minimum absolute atomic E-state index is 0.146. The number of ether oxygens (including phenoxy) is 1. The van der Waals surface area contributed by atoms with Crippen LogP contribution in [-0.2, 0) is 16.5 Å². The number of rotatable bonds is 5. The van der Waals surface area contributed by atoms with Gasteiger partial charge in [-0.1, -0.05) is 32.0 Å². The van der Waals surface area contributed by atoms with E-state index in [1.807, 2.05) is 30.3 Å². The first-order valence-electron chi connectivity index (χ1n) is 9.53. The number of aryl methyl sites for hydroxylation is 1. The summed E-state index contributed by atoms with van der Waals surface area (Å²) in [5.74, 6) is 1.02. The third kappa shape index (κ3) is 3.47. The van der Waals surface area contributed by atoms with Crippen molar-refractivity contribution in [2.75, 3.05) is 4.90 Å². The number of pyridine rings is 1. The lowest BCUT2D eigenvalue weighted by Crippen LogP contribution is -2.38. The fourth-order valence-electron chi connectivity index (χ4n) is 3.74. The zero-order chi connectivity index (χ0) is 20.6. The maximum atomic E-state index is 12.1. The molecular weight excluding hydrogens is 388 g/mol. The number of benzene rings is 2. The van der Waals surface area contributed by atoms with E-state index in [9.17, 15) is 13.0 Å². The van der Waals surface area contributed by atoms with Crippen molar-refractivity contribution in [2.24, 2.45) is 0 Å². The third-order valence-corrected chi connectivity index (χ3v) is 6.29. The van der Waals surface area contributed by atoms with Crippen molar-refractivity contribution in [3.63, 3.8) is 0 Å². The molecule has 0 amide bonds. The van der Waals surface area contributed by atoms with Gasteiger partial charge in [0, 0.05) is 11.8 Å². The molecule has 0 bridgehead atoms. The van der Waals surface area contributed by atoms with Crippen molar-refractivity contribution in [3.8, 4) is 22.8 Å². The Kier molecular flexibility index (Phi) is 5.02. The van der Waals surface area contributed by atoms with Gasteiger partial charge in [0.1, 0.15) is 15.5 Å². The van der Waals surface area contributed by atoms with Crippen LogP contribution in [0.5, 0.6) is 11.5 Å². The molecule has 0 radical (unpaired) electrons. The van der Waals surface area contributed by atoms with Crippen LogP contribution in [0.15, 0.2) is 60.8 Å². The molecule has 0 aliphatic carbocycles. The quantitative estimate of drug-likeness (QED) is 0.561. The minimum Gasteiger partial charge on any atom is -0.746 e. The van der Waals surface area contributed by atoms with Gasteiger partial charge < -0.3 is 14.2 Å². The Morgan fingerprint density at radius 1 is 1.03 bits per heavy atom. The number of aromatic nitrogens is 1. The molecule has 1 unspecified atom stereocenters. The van der Waals surface area contributed by atoms with Crippen molar-refractivity contribution in [3.05, 3.63) is 66.4 Å². The summed E-state index contributed by atoms with van der Waals surface area (Å²) < 4.78 is 42.3. The summed E-state index contributed by atoms with van der Waals surface area (Å²) in [6, 6.07) is 16.6. The molecular formula is C22H21N2O4S-. The number of hydrogen-bond donors (Lipinski definition) is 0. The SMILES string of the molecule is CCc1cccnc1-c1ccc2c(c1)N(C(CC)S(=O)(=O)[O-])c1ccccc1O2. The zero-order valence-corrected chi connectivity index (χ0v) is 17.0. The molecule has 1 aliphatic heterocycles. The van der Waals surface area contributed by atoms with Gasteiger partial charge in [-0.2, -0.15) is 0 Å². The average molecular weight is 409 g/mol. The van der Waals surface area contributed by atoms with E-state index in [1.165, 1.54) is 0 Å². The van der Waals surface area contributed by atoms with Crippen LogP contribution in [0, 0.1) is 0 Å². The van der Waals surface area contributed by atoms with Crippen molar-refractivity contribution < 1.29 is 17.7 Å². The van der Waals surface area contributed by atoms with E-state index in [4.69, 9.17) is 4.74 Å². The van der Waals surface area contributed by atoms with Gasteiger partial charge in [-0.15, -0.1) is 0 Å². The highest BCUT2D eigenvalue weighted by Gasteiger charge is 2.33. The second-order valence-electron chi connectivity index (χ2n) is 6.84. The highest BCUT2D eigenvalue weighted by Crippen LogP contribution is 2.49. The Morgan fingerprint density at radius 2 is 1.79 bits per heavy atom. The summed E-state index contributed by atoms with van der Waals surface area (Å²) in [4.78, 5) is 6.09. The maximum absolute atomic E-state index is 12.1. The van der Waals surface area contributed by atoms with Gasteiger partial charge in [0.25, 0.3) is 0 Å². The van der Waals surface area contributed by atoms with E-state index in [-0.39, 0.29) is 6.42 Å². The van der Waals surface area contributed by atoms with Crippen LogP contribution in [0.1, 0.15) is 25.8 Å². The third-order valence-electron chi connectivity index (χ3n) is 5.08. The molecule has 2 aromatic carbocycles. The summed E-state index contributed by atoms with van der Waals surface area (Å²) >= 11 is 0. The van der Waals surface area contributed by atoms with E-state index in [0.29, 0.717) is 22.9 Å². The van der Waals surface area contributed by atoms with Crippen LogP contribution in [0.3, 0.4) is 0 Å². The smallest absolute Gasteiger partial charge is 0.151 e. The molecule has 0 spiro atoms. The van der Waals surface area contributed by atoms with Crippen molar-refractivity contribution in [1.82, 2.24) is 4.98 Å². The lowest BCUT2D eigenvalue weighted by atomic mass is 10.0. The first-order valence-corrected chi connectivity index (χ1v) is 11.0. The standard InChI is InChI=1S/C22H22N2O4S/c1-3-15-8-7-13-23-22(15)16-11-12-20-18(14-16)24(21(4-2)29(25,26)27)17-9-5-6-10-19(17)28-20/h5-14,21H,3-4H2,1-2H3,(H,25,26,27)/p-1. The molecule has 7 heteroatoms. The molecule has 2 heterocycles. The highest BCUT2D eigenvalue weighted by molar-refractivity contribution is 7.86. The number of para-hydroxylation sites is 2. The van der Waals surface area contributed by atoms with E-state index in [1.54, 1.807) is 42.3 Å². The van der Waals surface area contributed by atoms with Gasteiger partial charge in [-0.25, -0.2) is 8.42 Å². The zero-order valence-electron chi connectivity index (χ0n) is 16.2. The Hall–Kier alpha value is -2.90. The molecule has 0 saturated heterocycles. The molecule has 3 aromatic rings. The number of fused-ring (bicyclic) bond motifs is 2. The van der Waals surface area contributed by atoms with Crippen LogP contribution in [-0.4, -0.2) is 23.3 Å². The van der Waals surface area contributed by atoms with Crippen LogP contribution < -0.4 is 9.64 Å². The van der Waals surface area contributed by atoms with Gasteiger partial charge in [0.2, 0.25) is 0 Å². The van der Waals surface area contributed by atoms with Crippen LogP contribution in [0.25, 0.3) is 11.3 Å². The van der Waals surface area contributed by atoms with Crippen LogP contribution in [0.2, 0.25) is 0 Å². The lowest BCUT2D eigenvalue weighted by molar-refractivity contribution is 0.438. The average Bonchev–Trinajstić information content (AvgIpc) is 2.72. The molecule has 6 nitrogen and oxygen atoms in total. The molecule has 0 saturated carbocycles. The molecule has 0 fully saturated rings. The van der Waals surface area contributed by atoms with E-state index >= 15 is 0 Å². The van der Waals surface area contributed by atoms with Gasteiger partial charge in [-0.05, 0) is 54.8 Å². The summed E-state index contributed by atoms with van der Waals surface area (Å²) in [5, 5.41) is -1.24. The number of nitrogens with zero attached hydrogens (tertiary/aromatic N) is 2. The second-order valence-corrected chi connectivity index (χ2v) is 8.37. The van der Waals surface area contributed by atoms with Gasteiger partial charge in [0.15, 0.2) is 11.5 Å². The van der Waals surface area contributed by atoms with E-state index < -0.39 is 15.5 Å². The fourth-order valence-corrected chi connectivity index (χ4v) is 4.63. The van der Waals surface area contributed by atoms with Crippen molar-refractivity contribution in [1.29, 1.82) is 0 Å². The van der Waals surface area contributed by atoms with E-state index in [0.717, 1.165) is 23.2 Å². The van der Waals surface area contributed by atoms with E-state index in [2.05, 4.69) is 11.9 Å². The first-order chi connectivity index (χ1) is 13.9. The summed E-state index contributed by atoms with van der Waals surface area (Å²) in [7, 11) is -4.59. The van der Waals surface area contributed by atoms with Crippen molar-refractivity contribution in [2.45, 2.75) is 32.1 Å². The van der Waals surface area contributed by atoms with Crippen LogP contribution >= 0.6 is 0 Å². The topological polar surface area (TPSA) is 82.6 Å². The largest absolute Gasteiger partial charge is 0.746 e. The van der Waals surface area contributed by atoms with Crippen LogP contribution in [0.4, 0.5) is 11.4 Å². The molecule has 29 heavy (non-hydrogen) atoms. The number of hydrogen-bond acceptors (Lipinski definition) is 6. The monoisotopic (exact) mass is 409 g/mol. The summed E-state index contributed by atoms with van der Waals surface area (Å²) in [6.07, 6.45) is 2.69. The van der Waals surface area contributed by atoms with Gasteiger partial charge >= 0.3 is 0 Å². The predicted octanol–water partition coefficient (Wildman–Crippen LogP) is 4.84. The molecule has 150 valence electrons. The summed E-state index contributed by atoms with van der Waals surface area (Å²) in [6.45, 7) is 3.75. The molecule has 4 rings (SSSR count). The first kappa shape index (κ1) is 19.4. The predicted molar refractivity (Wildman–Crippen MR) is 111 cm³/mol. The molecule has 0 N–H and O–H groups in total. The Bertz CT molecular complexity index is 1160. The fraction of sp³-hybridized carbons (Fsp3) is 0.227. The highest BCUT2D eigenvalue weighted by atomic mass is 32.2. The summed E-state index contributed by atoms with van der Waals surface area (Å²) in [5.41, 5.74) is 3.85. The Balaban J connectivity index is 1.93. The van der Waals surface area contributed by atoms with Crippen molar-refractivity contribution >= 4 is 21.5 Å². The lowest BCUT2D eigenvalue weighted by Gasteiger charge is -2.39. The molecule has 1 aromatic heterocycles. The Morgan fingerprint density at radius 3 is 2.52 bits per heavy atom. The molecule has 1 atom stereocenters. The molecule has 1 aliphatic rings. The second kappa shape index (κ2) is 7.50. The minimum atomic E-state index is -4.59. The normalized spacial score (nSPS) is 14.0. The maximum Gasteiger partial charge on any atom is 0.151 e. The van der Waals surface area contributed by atoms with Gasteiger partial charge in [0.05, 0.1) is 17.1 Å². The number of anilines is 2. The Labute approximate surface area is 170 Å². The van der Waals surface area contributed by atoms with Gasteiger partial charge in [-0.3, -0.25) is 4.98 Å².